The number of benzene rings is 2. The van der Waals surface area contributed by atoms with Gasteiger partial charge in [0.25, 0.3) is 5.91 Å². The molecule has 6 heteroatoms. The second-order valence-electron chi connectivity index (χ2n) is 5.86. The van der Waals surface area contributed by atoms with E-state index in [0.717, 1.165) is 11.1 Å². The smallest absolute Gasteiger partial charge is 0.293 e. The zero-order valence-corrected chi connectivity index (χ0v) is 14.0. The van der Waals surface area contributed by atoms with E-state index in [2.05, 4.69) is 10.1 Å². The third kappa shape index (κ3) is 4.30. The first kappa shape index (κ1) is 16.9. The topological polar surface area (TPSA) is 71.2 Å². The first-order valence-electron chi connectivity index (χ1n) is 8.05. The molecule has 1 heterocycles. The fourth-order valence-corrected chi connectivity index (χ4v) is 2.54. The third-order valence-corrected chi connectivity index (χ3v) is 3.88. The Morgan fingerprint density at radius 3 is 2.44 bits per heavy atom. The maximum Gasteiger partial charge on any atom is 0.293 e. The highest BCUT2D eigenvalue weighted by atomic mass is 16.3. The normalized spacial score (nSPS) is 11.9. The number of nitrogens with zero attached hydrogens (tertiary/aromatic N) is 4. The first-order valence-corrected chi connectivity index (χ1v) is 8.05. The summed E-state index contributed by atoms with van der Waals surface area (Å²) in [6, 6.07) is 19.1. The van der Waals surface area contributed by atoms with Crippen LogP contribution in [0, 0.1) is 0 Å². The largest absolute Gasteiger partial charge is 0.386 e. The molecule has 0 aliphatic rings. The van der Waals surface area contributed by atoms with Gasteiger partial charge >= 0.3 is 0 Å². The molecule has 0 aliphatic heterocycles. The van der Waals surface area contributed by atoms with Crippen molar-refractivity contribution in [1.29, 1.82) is 0 Å². The molecule has 0 unspecified atom stereocenters. The number of carbonyl (C=O) groups excluding carboxylic acids is 1. The number of aliphatic hydroxyl groups is 1. The molecule has 1 N–H and O–H groups in total. The van der Waals surface area contributed by atoms with Gasteiger partial charge in [0.15, 0.2) is 0 Å². The summed E-state index contributed by atoms with van der Waals surface area (Å²) >= 11 is 0. The summed E-state index contributed by atoms with van der Waals surface area (Å²) in [7, 11) is 1.72. The molecular weight excluding hydrogens is 316 g/mol. The van der Waals surface area contributed by atoms with E-state index in [9.17, 15) is 9.90 Å². The van der Waals surface area contributed by atoms with Gasteiger partial charge < -0.3 is 10.0 Å². The number of aliphatic hydroxyl groups excluding tert-OH is 1. The second-order valence-corrected chi connectivity index (χ2v) is 5.86. The number of rotatable bonds is 6. The van der Waals surface area contributed by atoms with Crippen molar-refractivity contribution >= 4 is 5.91 Å². The van der Waals surface area contributed by atoms with Gasteiger partial charge in [0.2, 0.25) is 5.82 Å². The highest BCUT2D eigenvalue weighted by Gasteiger charge is 2.18. The van der Waals surface area contributed by atoms with Crippen molar-refractivity contribution < 1.29 is 9.90 Å². The Labute approximate surface area is 146 Å². The quantitative estimate of drug-likeness (QED) is 0.750. The molecule has 1 atom stereocenters. The van der Waals surface area contributed by atoms with Crippen LogP contribution in [0.3, 0.4) is 0 Å². The molecule has 0 spiro atoms. The van der Waals surface area contributed by atoms with Crippen molar-refractivity contribution in [2.45, 2.75) is 19.2 Å². The molecule has 1 aromatic heterocycles. The molecule has 6 nitrogen and oxygen atoms in total. The van der Waals surface area contributed by atoms with E-state index in [1.54, 1.807) is 11.9 Å². The van der Waals surface area contributed by atoms with Gasteiger partial charge in [-0.1, -0.05) is 60.7 Å². The molecule has 25 heavy (non-hydrogen) atoms. The summed E-state index contributed by atoms with van der Waals surface area (Å²) in [5, 5.41) is 14.4. The van der Waals surface area contributed by atoms with Gasteiger partial charge in [0.1, 0.15) is 6.33 Å². The molecule has 2 aromatic carbocycles. The van der Waals surface area contributed by atoms with Crippen LogP contribution in [0.1, 0.15) is 27.8 Å². The summed E-state index contributed by atoms with van der Waals surface area (Å²) in [6.45, 7) is 0.730. The molecule has 3 rings (SSSR count). The molecule has 0 saturated carbocycles. The Morgan fingerprint density at radius 1 is 1.12 bits per heavy atom. The summed E-state index contributed by atoms with van der Waals surface area (Å²) < 4.78 is 1.49. The number of hydrogen-bond donors (Lipinski definition) is 1. The molecule has 0 fully saturated rings. The van der Waals surface area contributed by atoms with Crippen LogP contribution in [0.2, 0.25) is 0 Å². The van der Waals surface area contributed by atoms with E-state index >= 15 is 0 Å². The van der Waals surface area contributed by atoms with Crippen molar-refractivity contribution in [1.82, 2.24) is 19.7 Å². The van der Waals surface area contributed by atoms with Gasteiger partial charge in [-0.25, -0.2) is 9.67 Å². The van der Waals surface area contributed by atoms with Crippen molar-refractivity contribution in [2.24, 2.45) is 0 Å². The lowest BCUT2D eigenvalue weighted by molar-refractivity contribution is 0.0771. The zero-order valence-electron chi connectivity index (χ0n) is 14.0. The predicted molar refractivity (Wildman–Crippen MR) is 93.7 cm³/mol. The number of hydrogen-bond acceptors (Lipinski definition) is 4. The number of aromatic nitrogens is 3. The van der Waals surface area contributed by atoms with E-state index in [1.165, 1.54) is 11.0 Å². The van der Waals surface area contributed by atoms with Gasteiger partial charge in [-0.3, -0.25) is 4.79 Å². The molecule has 0 aliphatic carbocycles. The van der Waals surface area contributed by atoms with E-state index in [-0.39, 0.29) is 18.3 Å². The Bertz CT molecular complexity index is 818. The van der Waals surface area contributed by atoms with E-state index < -0.39 is 6.10 Å². The minimum Gasteiger partial charge on any atom is -0.386 e. The van der Waals surface area contributed by atoms with Crippen LogP contribution in [0.25, 0.3) is 0 Å². The Hall–Kier alpha value is -2.99. The standard InChI is InChI=1S/C19H20N4O2/c1-22(12-15-8-4-2-5-9-15)19(25)18-20-14-23(21-18)13-17(24)16-10-6-3-7-11-16/h2-11,14,17,24H,12-13H2,1H3/t17-/m1/s1. The monoisotopic (exact) mass is 336 g/mol. The van der Waals surface area contributed by atoms with Crippen LogP contribution in [0.4, 0.5) is 0 Å². The zero-order chi connectivity index (χ0) is 17.6. The van der Waals surface area contributed by atoms with Crippen molar-refractivity contribution in [2.75, 3.05) is 7.05 Å². The SMILES string of the molecule is CN(Cc1ccccc1)C(=O)c1ncn(C[C@@H](O)c2ccccc2)n1. The van der Waals surface area contributed by atoms with Gasteiger partial charge in [-0.2, -0.15) is 0 Å². The van der Waals surface area contributed by atoms with Gasteiger partial charge in [0.05, 0.1) is 12.6 Å². The average Bonchev–Trinajstić information content (AvgIpc) is 3.11. The van der Waals surface area contributed by atoms with E-state index in [1.807, 2.05) is 60.7 Å². The fourth-order valence-electron chi connectivity index (χ4n) is 2.54. The minimum atomic E-state index is -0.701. The van der Waals surface area contributed by atoms with Crippen LogP contribution in [-0.4, -0.2) is 37.7 Å². The molecule has 1 amide bonds. The summed E-state index contributed by atoms with van der Waals surface area (Å²) in [5.74, 6) is -0.129. The van der Waals surface area contributed by atoms with Crippen molar-refractivity contribution in [3.05, 3.63) is 83.9 Å². The molecule has 3 aromatic rings. The van der Waals surface area contributed by atoms with Gasteiger partial charge in [-0.05, 0) is 11.1 Å². The summed E-state index contributed by atoms with van der Waals surface area (Å²) in [5.41, 5.74) is 1.84. The minimum absolute atomic E-state index is 0.124. The van der Waals surface area contributed by atoms with Crippen molar-refractivity contribution in [3.8, 4) is 0 Å². The summed E-state index contributed by atoms with van der Waals surface area (Å²) in [4.78, 5) is 18.1. The number of carbonyl (C=O) groups is 1. The highest BCUT2D eigenvalue weighted by molar-refractivity contribution is 5.90. The van der Waals surface area contributed by atoms with E-state index in [0.29, 0.717) is 6.54 Å². The van der Waals surface area contributed by atoms with Crippen LogP contribution in [0.5, 0.6) is 0 Å². The molecular formula is C19H20N4O2. The predicted octanol–water partition coefficient (Wildman–Crippen LogP) is 2.28. The maximum absolute atomic E-state index is 12.4. The van der Waals surface area contributed by atoms with Crippen LogP contribution < -0.4 is 0 Å². The van der Waals surface area contributed by atoms with Crippen LogP contribution in [0.15, 0.2) is 67.0 Å². The van der Waals surface area contributed by atoms with Crippen LogP contribution >= 0.6 is 0 Å². The average molecular weight is 336 g/mol. The summed E-state index contributed by atoms with van der Waals surface area (Å²) in [6.07, 6.45) is 0.767. The lowest BCUT2D eigenvalue weighted by Crippen LogP contribution is -2.27. The molecule has 128 valence electrons. The fraction of sp³-hybridized carbons (Fsp3) is 0.211. The van der Waals surface area contributed by atoms with Crippen molar-refractivity contribution in [3.63, 3.8) is 0 Å². The molecule has 0 bridgehead atoms. The Balaban J connectivity index is 1.63. The molecule has 0 saturated heterocycles. The lowest BCUT2D eigenvalue weighted by atomic mass is 10.1. The van der Waals surface area contributed by atoms with Crippen LogP contribution in [-0.2, 0) is 13.1 Å². The number of amides is 1. The third-order valence-electron chi connectivity index (χ3n) is 3.88. The Kier molecular flexibility index (Phi) is 5.20. The highest BCUT2D eigenvalue weighted by Crippen LogP contribution is 2.14. The maximum atomic E-state index is 12.4. The molecule has 0 radical (unpaired) electrons. The Morgan fingerprint density at radius 2 is 1.76 bits per heavy atom. The van der Waals surface area contributed by atoms with Gasteiger partial charge in [0, 0.05) is 13.6 Å². The second kappa shape index (κ2) is 7.72. The van der Waals surface area contributed by atoms with E-state index in [4.69, 9.17) is 0 Å². The van der Waals surface area contributed by atoms with Gasteiger partial charge in [-0.15, -0.1) is 5.10 Å². The first-order chi connectivity index (χ1) is 12.1. The lowest BCUT2D eigenvalue weighted by Gasteiger charge is -2.15.